The Kier molecular flexibility index (Phi) is 3.16. The van der Waals surface area contributed by atoms with Gasteiger partial charge in [0.2, 0.25) is 0 Å². The Labute approximate surface area is 96.7 Å². The van der Waals surface area contributed by atoms with Gasteiger partial charge in [0.05, 0.1) is 6.20 Å². The van der Waals surface area contributed by atoms with Crippen LogP contribution < -0.4 is 5.73 Å². The molecule has 5 heteroatoms. The van der Waals surface area contributed by atoms with Gasteiger partial charge < -0.3 is 10.5 Å². The minimum absolute atomic E-state index is 0.261. The third kappa shape index (κ3) is 2.58. The van der Waals surface area contributed by atoms with Crippen LogP contribution in [0.25, 0.3) is 0 Å². The molecule has 16 heavy (non-hydrogen) atoms. The number of hydrogen-bond acceptors (Lipinski definition) is 5. The van der Waals surface area contributed by atoms with Crippen molar-refractivity contribution in [3.05, 3.63) is 47.0 Å². The van der Waals surface area contributed by atoms with Crippen molar-refractivity contribution in [1.82, 2.24) is 4.98 Å². The summed E-state index contributed by atoms with van der Waals surface area (Å²) < 4.78 is 5.10. The van der Waals surface area contributed by atoms with E-state index in [-0.39, 0.29) is 6.61 Å². The number of rotatable bonds is 3. The molecule has 0 radical (unpaired) electrons. The van der Waals surface area contributed by atoms with Gasteiger partial charge in [0.15, 0.2) is 5.13 Å². The highest BCUT2D eigenvalue weighted by molar-refractivity contribution is 7.17. The molecule has 0 bridgehead atoms. The Morgan fingerprint density at radius 1 is 1.38 bits per heavy atom. The zero-order chi connectivity index (χ0) is 11.4. The lowest BCUT2D eigenvalue weighted by Crippen LogP contribution is -2.02. The number of esters is 1. The molecule has 2 aromatic rings. The maximum atomic E-state index is 11.5. The van der Waals surface area contributed by atoms with E-state index in [9.17, 15) is 4.79 Å². The highest BCUT2D eigenvalue weighted by Gasteiger charge is 2.10. The molecule has 2 N–H and O–H groups in total. The normalized spacial score (nSPS) is 10.0. The van der Waals surface area contributed by atoms with E-state index in [1.807, 2.05) is 30.3 Å². The first-order valence-electron chi connectivity index (χ1n) is 4.68. The molecule has 0 aliphatic heterocycles. The molecule has 1 aromatic heterocycles. The van der Waals surface area contributed by atoms with E-state index in [0.29, 0.717) is 10.0 Å². The summed E-state index contributed by atoms with van der Waals surface area (Å²) in [5.74, 6) is -0.391. The molecule has 1 aromatic carbocycles. The van der Waals surface area contributed by atoms with Crippen molar-refractivity contribution in [2.75, 3.05) is 5.73 Å². The summed E-state index contributed by atoms with van der Waals surface area (Å²) in [6, 6.07) is 9.50. The third-order valence-corrected chi connectivity index (χ3v) is 2.74. The van der Waals surface area contributed by atoms with Gasteiger partial charge in [-0.2, -0.15) is 0 Å². The van der Waals surface area contributed by atoms with Crippen molar-refractivity contribution in [3.8, 4) is 0 Å². The van der Waals surface area contributed by atoms with E-state index < -0.39 is 5.97 Å². The molecule has 82 valence electrons. The van der Waals surface area contributed by atoms with Gasteiger partial charge in [-0.15, -0.1) is 0 Å². The second kappa shape index (κ2) is 4.76. The number of benzene rings is 1. The number of carbonyl (C=O) groups is 1. The van der Waals surface area contributed by atoms with E-state index in [4.69, 9.17) is 10.5 Å². The predicted octanol–water partition coefficient (Wildman–Crippen LogP) is 2.08. The number of nitrogens with two attached hydrogens (primary N) is 1. The number of hydrogen-bond donors (Lipinski definition) is 1. The molecule has 2 rings (SSSR count). The number of aromatic nitrogens is 1. The Balaban J connectivity index is 1.94. The van der Waals surface area contributed by atoms with Crippen molar-refractivity contribution in [2.24, 2.45) is 0 Å². The standard InChI is InChI=1S/C11H10N2O2S/c12-11-13-6-9(16-11)10(14)15-7-8-4-2-1-3-5-8/h1-6H,7H2,(H2,12,13). The topological polar surface area (TPSA) is 65.2 Å². The molecule has 0 atom stereocenters. The monoisotopic (exact) mass is 234 g/mol. The first-order chi connectivity index (χ1) is 7.75. The zero-order valence-corrected chi connectivity index (χ0v) is 9.24. The lowest BCUT2D eigenvalue weighted by molar-refractivity contribution is 0.0478. The highest BCUT2D eigenvalue weighted by Crippen LogP contribution is 2.16. The van der Waals surface area contributed by atoms with Crippen LogP contribution >= 0.6 is 11.3 Å². The van der Waals surface area contributed by atoms with Gasteiger partial charge in [0, 0.05) is 0 Å². The van der Waals surface area contributed by atoms with E-state index in [1.54, 1.807) is 0 Å². The van der Waals surface area contributed by atoms with E-state index in [1.165, 1.54) is 6.20 Å². The summed E-state index contributed by atoms with van der Waals surface area (Å²) >= 11 is 1.12. The summed E-state index contributed by atoms with van der Waals surface area (Å²) in [7, 11) is 0. The van der Waals surface area contributed by atoms with Crippen molar-refractivity contribution in [1.29, 1.82) is 0 Å². The molecule has 4 nitrogen and oxygen atoms in total. The first kappa shape index (κ1) is 10.6. The quantitative estimate of drug-likeness (QED) is 0.826. The summed E-state index contributed by atoms with van der Waals surface area (Å²) in [5.41, 5.74) is 6.38. The average molecular weight is 234 g/mol. The number of nitrogens with zero attached hydrogens (tertiary/aromatic N) is 1. The second-order valence-electron chi connectivity index (χ2n) is 3.12. The van der Waals surface area contributed by atoms with Crippen molar-refractivity contribution >= 4 is 22.4 Å². The van der Waals surface area contributed by atoms with Crippen LogP contribution in [0.5, 0.6) is 0 Å². The van der Waals surface area contributed by atoms with E-state index in [2.05, 4.69) is 4.98 Å². The van der Waals surface area contributed by atoms with Gasteiger partial charge in [-0.1, -0.05) is 41.7 Å². The molecule has 0 fully saturated rings. The first-order valence-corrected chi connectivity index (χ1v) is 5.50. The summed E-state index contributed by atoms with van der Waals surface area (Å²) in [5, 5.41) is 0.367. The SMILES string of the molecule is Nc1ncc(C(=O)OCc2ccccc2)s1. The molecule has 0 spiro atoms. The summed E-state index contributed by atoms with van der Waals surface area (Å²) in [6.45, 7) is 0.261. The van der Waals surface area contributed by atoms with Crippen molar-refractivity contribution < 1.29 is 9.53 Å². The van der Waals surface area contributed by atoms with Crippen LogP contribution in [0.3, 0.4) is 0 Å². The maximum Gasteiger partial charge on any atom is 0.350 e. The van der Waals surface area contributed by atoms with Crippen LogP contribution in [0.15, 0.2) is 36.5 Å². The molecule has 0 unspecified atom stereocenters. The number of ether oxygens (including phenoxy) is 1. The Hall–Kier alpha value is -1.88. The van der Waals surface area contributed by atoms with Gasteiger partial charge in [0.1, 0.15) is 11.5 Å². The molecule has 0 aliphatic carbocycles. The molecule has 0 saturated carbocycles. The van der Waals surface area contributed by atoms with E-state index >= 15 is 0 Å². The Morgan fingerprint density at radius 2 is 2.12 bits per heavy atom. The number of nitrogen functional groups attached to an aromatic ring is 1. The molecule has 0 saturated heterocycles. The lowest BCUT2D eigenvalue weighted by atomic mass is 10.2. The van der Waals surface area contributed by atoms with Crippen LogP contribution in [0.4, 0.5) is 5.13 Å². The summed E-state index contributed by atoms with van der Waals surface area (Å²) in [6.07, 6.45) is 1.42. The number of anilines is 1. The average Bonchev–Trinajstić information content (AvgIpc) is 2.74. The van der Waals surface area contributed by atoms with Crippen LogP contribution in [-0.2, 0) is 11.3 Å². The Bertz CT molecular complexity index is 482. The minimum atomic E-state index is -0.391. The molecule has 0 amide bonds. The van der Waals surface area contributed by atoms with Crippen LogP contribution in [0.2, 0.25) is 0 Å². The van der Waals surface area contributed by atoms with Crippen LogP contribution in [0, 0.1) is 0 Å². The van der Waals surface area contributed by atoms with Gasteiger partial charge in [0.25, 0.3) is 0 Å². The van der Waals surface area contributed by atoms with Gasteiger partial charge in [-0.25, -0.2) is 9.78 Å². The largest absolute Gasteiger partial charge is 0.457 e. The fraction of sp³-hybridized carbons (Fsp3) is 0.0909. The highest BCUT2D eigenvalue weighted by atomic mass is 32.1. The van der Waals surface area contributed by atoms with Crippen LogP contribution in [-0.4, -0.2) is 11.0 Å². The Morgan fingerprint density at radius 3 is 2.75 bits per heavy atom. The number of carbonyl (C=O) groups excluding carboxylic acids is 1. The zero-order valence-electron chi connectivity index (χ0n) is 8.42. The lowest BCUT2D eigenvalue weighted by Gasteiger charge is -2.02. The van der Waals surface area contributed by atoms with Crippen molar-refractivity contribution in [3.63, 3.8) is 0 Å². The predicted molar refractivity (Wildman–Crippen MR) is 62.1 cm³/mol. The fourth-order valence-corrected chi connectivity index (χ4v) is 1.75. The fourth-order valence-electron chi connectivity index (χ4n) is 1.18. The van der Waals surface area contributed by atoms with E-state index in [0.717, 1.165) is 16.9 Å². The van der Waals surface area contributed by atoms with Gasteiger partial charge >= 0.3 is 5.97 Å². The molecular formula is C11H10N2O2S. The smallest absolute Gasteiger partial charge is 0.350 e. The molecule has 1 heterocycles. The van der Waals surface area contributed by atoms with Crippen LogP contribution in [0.1, 0.15) is 15.2 Å². The molecular weight excluding hydrogens is 224 g/mol. The molecule has 0 aliphatic rings. The van der Waals surface area contributed by atoms with Crippen molar-refractivity contribution in [2.45, 2.75) is 6.61 Å². The maximum absolute atomic E-state index is 11.5. The summed E-state index contributed by atoms with van der Waals surface area (Å²) in [4.78, 5) is 15.7. The van der Waals surface area contributed by atoms with Gasteiger partial charge in [-0.3, -0.25) is 0 Å². The third-order valence-electron chi connectivity index (χ3n) is 1.94. The minimum Gasteiger partial charge on any atom is -0.457 e. The number of thiazole rings is 1. The van der Waals surface area contributed by atoms with Gasteiger partial charge in [-0.05, 0) is 5.56 Å². The second-order valence-corrected chi connectivity index (χ2v) is 4.19.